The molecule has 0 spiro atoms. The molecule has 198 valence electrons. The van der Waals surface area contributed by atoms with Crippen LogP contribution in [0, 0.1) is 0 Å². The van der Waals surface area contributed by atoms with Crippen LogP contribution in [0.15, 0.2) is 91.0 Å². The minimum absolute atomic E-state index is 0.224. The van der Waals surface area contributed by atoms with Crippen LogP contribution in [-0.2, 0) is 52.6 Å². The number of methoxy groups -OCH3 is 1. The van der Waals surface area contributed by atoms with Crippen molar-refractivity contribution in [3.63, 3.8) is 0 Å². The average molecular weight is 547 g/mol. The van der Waals surface area contributed by atoms with Gasteiger partial charge >= 0.3 is 0 Å². The molecule has 0 amide bonds. The van der Waals surface area contributed by atoms with Gasteiger partial charge in [-0.1, -0.05) is 91.0 Å². The van der Waals surface area contributed by atoms with E-state index in [4.69, 9.17) is 34.4 Å². The highest BCUT2D eigenvalue weighted by atomic mass is 35.7. The fraction of sp³-hybridized carbons (Fsp3) is 0.357. The first kappa shape index (κ1) is 27.7. The first-order valence-electron chi connectivity index (χ1n) is 12.0. The molecule has 0 aromatic heterocycles. The van der Waals surface area contributed by atoms with E-state index in [-0.39, 0.29) is 19.8 Å². The second-order valence-corrected chi connectivity index (χ2v) is 11.6. The summed E-state index contributed by atoms with van der Waals surface area (Å²) in [7, 11) is 3.22. The zero-order valence-electron chi connectivity index (χ0n) is 20.5. The van der Waals surface area contributed by atoms with Crippen LogP contribution in [-0.4, -0.2) is 52.0 Å². The van der Waals surface area contributed by atoms with Gasteiger partial charge in [0.15, 0.2) is 6.29 Å². The van der Waals surface area contributed by atoms with Gasteiger partial charge in [0.1, 0.15) is 24.4 Å². The first-order chi connectivity index (χ1) is 17.9. The van der Waals surface area contributed by atoms with Crippen LogP contribution in [0.25, 0.3) is 0 Å². The molecule has 0 bridgehead atoms. The Morgan fingerprint density at radius 1 is 0.676 bits per heavy atom. The highest BCUT2D eigenvalue weighted by Crippen LogP contribution is 2.32. The molecule has 0 saturated carbocycles. The van der Waals surface area contributed by atoms with E-state index in [1.807, 2.05) is 91.0 Å². The van der Waals surface area contributed by atoms with Crippen molar-refractivity contribution in [3.05, 3.63) is 108 Å². The number of benzene rings is 3. The minimum atomic E-state index is -3.92. The van der Waals surface area contributed by atoms with Crippen LogP contribution < -0.4 is 0 Å². The van der Waals surface area contributed by atoms with E-state index in [1.165, 1.54) is 7.11 Å². The molecule has 0 N–H and O–H groups in total. The van der Waals surface area contributed by atoms with Gasteiger partial charge in [-0.05, 0) is 16.7 Å². The molecule has 1 fully saturated rings. The smallest absolute Gasteiger partial charge is 0.235 e. The zero-order valence-corrected chi connectivity index (χ0v) is 22.1. The summed E-state index contributed by atoms with van der Waals surface area (Å²) in [6.07, 6.45) is -4.05. The second kappa shape index (κ2) is 13.5. The summed E-state index contributed by atoms with van der Waals surface area (Å²) in [6, 6.07) is 29.0. The molecule has 3 aromatic carbocycles. The van der Waals surface area contributed by atoms with Crippen LogP contribution in [0.4, 0.5) is 0 Å². The van der Waals surface area contributed by atoms with Crippen LogP contribution in [0.2, 0.25) is 0 Å². The molecule has 7 nitrogen and oxygen atoms in total. The Labute approximate surface area is 222 Å². The zero-order chi connectivity index (χ0) is 26.1. The Kier molecular flexibility index (Phi) is 10.1. The number of hydrogen-bond donors (Lipinski definition) is 0. The summed E-state index contributed by atoms with van der Waals surface area (Å²) in [4.78, 5) is 0. The molecular formula is C28H31ClO7S. The molecule has 0 radical (unpaired) electrons. The van der Waals surface area contributed by atoms with Gasteiger partial charge in [-0.25, -0.2) is 8.42 Å². The molecule has 4 rings (SSSR count). The molecule has 3 aromatic rings. The highest BCUT2D eigenvalue weighted by Gasteiger charge is 2.49. The van der Waals surface area contributed by atoms with E-state index in [1.54, 1.807) is 0 Å². The highest BCUT2D eigenvalue weighted by molar-refractivity contribution is 8.13. The maximum absolute atomic E-state index is 12.1. The van der Waals surface area contributed by atoms with E-state index >= 15 is 0 Å². The Morgan fingerprint density at radius 3 is 1.49 bits per heavy atom. The lowest BCUT2D eigenvalue weighted by Gasteiger charge is -2.45. The molecule has 9 heteroatoms. The van der Waals surface area contributed by atoms with Crippen molar-refractivity contribution in [2.75, 3.05) is 12.9 Å². The summed E-state index contributed by atoms with van der Waals surface area (Å²) >= 11 is 0. The number of halogens is 1. The minimum Gasteiger partial charge on any atom is -0.368 e. The summed E-state index contributed by atoms with van der Waals surface area (Å²) < 4.78 is 54.9. The quantitative estimate of drug-likeness (QED) is 0.305. The van der Waals surface area contributed by atoms with Crippen molar-refractivity contribution in [1.82, 2.24) is 0 Å². The monoisotopic (exact) mass is 546 g/mol. The number of ether oxygens (including phenoxy) is 5. The Bertz CT molecular complexity index is 1180. The topological polar surface area (TPSA) is 80.3 Å². The van der Waals surface area contributed by atoms with Crippen molar-refractivity contribution in [1.29, 1.82) is 0 Å². The van der Waals surface area contributed by atoms with Gasteiger partial charge in [0, 0.05) is 17.8 Å². The maximum Gasteiger partial charge on any atom is 0.235 e. The van der Waals surface area contributed by atoms with E-state index < -0.39 is 45.5 Å². The number of rotatable bonds is 12. The van der Waals surface area contributed by atoms with Crippen molar-refractivity contribution in [2.45, 2.75) is 50.5 Å². The largest absolute Gasteiger partial charge is 0.368 e. The molecular weight excluding hydrogens is 516 g/mol. The average Bonchev–Trinajstić information content (AvgIpc) is 2.91. The maximum atomic E-state index is 12.1. The summed E-state index contributed by atoms with van der Waals surface area (Å²) in [5.41, 5.74) is 2.84. The number of hydrogen-bond acceptors (Lipinski definition) is 7. The SMILES string of the molecule is CO[C@H]1O[C@H](CS(=O)(=O)Cl)[C@@H](OCc2ccccc2)[C@H](OCc2ccccc2)[C@H]1OCc1ccccc1. The molecule has 0 aliphatic carbocycles. The van der Waals surface area contributed by atoms with Gasteiger partial charge in [0.05, 0.1) is 25.6 Å². The third kappa shape index (κ3) is 8.35. The van der Waals surface area contributed by atoms with Crippen LogP contribution in [0.1, 0.15) is 16.7 Å². The summed E-state index contributed by atoms with van der Waals surface area (Å²) in [6.45, 7) is 0.768. The van der Waals surface area contributed by atoms with Gasteiger partial charge in [-0.15, -0.1) is 0 Å². The van der Waals surface area contributed by atoms with E-state index in [0.29, 0.717) is 0 Å². The van der Waals surface area contributed by atoms with Gasteiger partial charge < -0.3 is 23.7 Å². The molecule has 1 aliphatic heterocycles. The first-order valence-corrected chi connectivity index (χ1v) is 14.5. The Hall–Kier alpha value is -2.30. The molecule has 1 aliphatic rings. The van der Waals surface area contributed by atoms with Gasteiger partial charge in [-0.3, -0.25) is 0 Å². The van der Waals surface area contributed by atoms with Crippen LogP contribution >= 0.6 is 10.7 Å². The van der Waals surface area contributed by atoms with Crippen molar-refractivity contribution in [2.24, 2.45) is 0 Å². The Morgan fingerprint density at radius 2 is 1.08 bits per heavy atom. The third-order valence-corrected chi connectivity index (χ3v) is 7.15. The fourth-order valence-corrected chi connectivity index (χ4v) is 5.30. The van der Waals surface area contributed by atoms with E-state index in [9.17, 15) is 8.42 Å². The second-order valence-electron chi connectivity index (χ2n) is 8.77. The van der Waals surface area contributed by atoms with E-state index in [0.717, 1.165) is 16.7 Å². The molecule has 5 atom stereocenters. The third-order valence-electron chi connectivity index (χ3n) is 6.04. The Balaban J connectivity index is 1.63. The van der Waals surface area contributed by atoms with Crippen LogP contribution in [0.5, 0.6) is 0 Å². The lowest BCUT2D eigenvalue weighted by molar-refractivity contribution is -0.313. The predicted molar refractivity (Wildman–Crippen MR) is 140 cm³/mol. The molecule has 0 unspecified atom stereocenters. The normalized spacial score (nSPS) is 24.1. The van der Waals surface area contributed by atoms with Crippen molar-refractivity contribution < 1.29 is 32.1 Å². The van der Waals surface area contributed by atoms with Gasteiger partial charge in [0.25, 0.3) is 0 Å². The molecule has 37 heavy (non-hydrogen) atoms. The summed E-state index contributed by atoms with van der Waals surface area (Å²) in [5, 5.41) is 0. The molecule has 1 saturated heterocycles. The van der Waals surface area contributed by atoms with Gasteiger partial charge in [0.2, 0.25) is 9.05 Å². The predicted octanol–water partition coefficient (Wildman–Crippen LogP) is 4.68. The van der Waals surface area contributed by atoms with Crippen LogP contribution in [0.3, 0.4) is 0 Å². The van der Waals surface area contributed by atoms with E-state index in [2.05, 4.69) is 0 Å². The summed E-state index contributed by atoms with van der Waals surface area (Å²) in [5.74, 6) is -0.468. The standard InChI is InChI=1S/C28H31ClO7S/c1-32-28-27(35-19-23-15-9-4-10-16-23)26(34-18-22-13-7-3-8-14-22)25(24(36-28)20-37(29,30)31)33-17-21-11-5-2-6-12-21/h2-16,24-28H,17-20H2,1H3/t24-,25-,26+,27-,28+/m1/s1. The van der Waals surface area contributed by atoms with Crippen molar-refractivity contribution in [3.8, 4) is 0 Å². The van der Waals surface area contributed by atoms with Gasteiger partial charge in [-0.2, -0.15) is 0 Å². The lowest BCUT2D eigenvalue weighted by Crippen LogP contribution is -2.61. The lowest BCUT2D eigenvalue weighted by atomic mass is 9.98. The molecule has 1 heterocycles. The fourth-order valence-electron chi connectivity index (χ4n) is 4.27. The van der Waals surface area contributed by atoms with Crippen molar-refractivity contribution >= 4 is 19.7 Å².